The molecular formula is C22H27FN4O3. The number of amides is 1. The van der Waals surface area contributed by atoms with Gasteiger partial charge in [0.15, 0.2) is 0 Å². The van der Waals surface area contributed by atoms with Crippen molar-refractivity contribution in [3.8, 4) is 5.75 Å². The maximum Gasteiger partial charge on any atom is 0.248 e. The third-order valence-corrected chi connectivity index (χ3v) is 5.73. The molecule has 2 saturated heterocycles. The summed E-state index contributed by atoms with van der Waals surface area (Å²) in [7, 11) is 0. The van der Waals surface area contributed by atoms with Gasteiger partial charge >= 0.3 is 0 Å². The van der Waals surface area contributed by atoms with Gasteiger partial charge in [0.1, 0.15) is 36.7 Å². The van der Waals surface area contributed by atoms with E-state index in [1.54, 1.807) is 18.3 Å². The van der Waals surface area contributed by atoms with E-state index in [1.165, 1.54) is 12.1 Å². The van der Waals surface area contributed by atoms with Crippen molar-refractivity contribution in [3.63, 3.8) is 0 Å². The van der Waals surface area contributed by atoms with Crippen molar-refractivity contribution in [2.24, 2.45) is 0 Å². The number of hydrogen-bond donors (Lipinski definition) is 1. The van der Waals surface area contributed by atoms with Crippen LogP contribution in [0, 0.1) is 5.82 Å². The first-order valence-corrected chi connectivity index (χ1v) is 10.3. The van der Waals surface area contributed by atoms with Crippen molar-refractivity contribution in [3.05, 3.63) is 54.0 Å². The number of halogens is 1. The molecular weight excluding hydrogens is 387 g/mol. The summed E-state index contributed by atoms with van der Waals surface area (Å²) in [6.45, 7) is 3.50. The average Bonchev–Trinajstić information content (AvgIpc) is 2.76. The molecule has 8 heteroatoms. The van der Waals surface area contributed by atoms with E-state index in [0.717, 1.165) is 38.0 Å². The van der Waals surface area contributed by atoms with Crippen LogP contribution in [0.4, 0.5) is 10.2 Å². The summed E-state index contributed by atoms with van der Waals surface area (Å²) in [4.78, 5) is 20.9. The number of likely N-dealkylation sites (tertiary alicyclic amines) is 1. The molecule has 2 aliphatic rings. The van der Waals surface area contributed by atoms with Gasteiger partial charge in [-0.3, -0.25) is 9.69 Å². The number of morpholine rings is 1. The maximum atomic E-state index is 13.0. The molecule has 0 saturated carbocycles. The largest absolute Gasteiger partial charge is 0.491 e. The van der Waals surface area contributed by atoms with Crippen molar-refractivity contribution in [2.75, 3.05) is 38.6 Å². The van der Waals surface area contributed by atoms with Crippen LogP contribution in [0.3, 0.4) is 0 Å². The molecule has 160 valence electrons. The first kappa shape index (κ1) is 20.6. The Bertz CT molecular complexity index is 856. The van der Waals surface area contributed by atoms with Gasteiger partial charge in [-0.2, -0.15) is 0 Å². The highest BCUT2D eigenvalue weighted by molar-refractivity contribution is 5.78. The van der Waals surface area contributed by atoms with E-state index < -0.39 is 0 Å². The number of nitrogen functional groups attached to an aromatic ring is 1. The van der Waals surface area contributed by atoms with Gasteiger partial charge in [-0.15, -0.1) is 0 Å². The Balaban J connectivity index is 1.27. The van der Waals surface area contributed by atoms with Crippen molar-refractivity contribution < 1.29 is 18.7 Å². The summed E-state index contributed by atoms with van der Waals surface area (Å²) in [5, 5.41) is 0. The average molecular weight is 414 g/mol. The summed E-state index contributed by atoms with van der Waals surface area (Å²) in [5.74, 6) is 0.895. The summed E-state index contributed by atoms with van der Waals surface area (Å²) >= 11 is 0. The predicted octanol–water partition coefficient (Wildman–Crippen LogP) is 2.07. The zero-order valence-corrected chi connectivity index (χ0v) is 16.9. The van der Waals surface area contributed by atoms with E-state index >= 15 is 0 Å². The quantitative estimate of drug-likeness (QED) is 0.780. The highest BCUT2D eigenvalue weighted by atomic mass is 19.1. The lowest BCUT2D eigenvalue weighted by Crippen LogP contribution is -2.55. The second-order valence-electron chi connectivity index (χ2n) is 7.80. The summed E-state index contributed by atoms with van der Waals surface area (Å²) in [6, 6.07) is 10.0. The number of anilines is 1. The van der Waals surface area contributed by atoms with Crippen molar-refractivity contribution in [1.29, 1.82) is 0 Å². The molecule has 1 aromatic heterocycles. The normalized spacial score (nSPS) is 21.0. The van der Waals surface area contributed by atoms with Gasteiger partial charge in [-0.1, -0.05) is 6.07 Å². The van der Waals surface area contributed by atoms with Crippen molar-refractivity contribution in [1.82, 2.24) is 14.8 Å². The number of aromatic nitrogens is 1. The molecule has 1 amide bonds. The van der Waals surface area contributed by atoms with Gasteiger partial charge in [0.25, 0.3) is 0 Å². The van der Waals surface area contributed by atoms with Crippen LogP contribution in [0.15, 0.2) is 42.6 Å². The Labute approximate surface area is 175 Å². The number of pyridine rings is 1. The van der Waals surface area contributed by atoms with Crippen LogP contribution in [0.1, 0.15) is 18.4 Å². The number of rotatable bonds is 6. The minimum absolute atomic E-state index is 0.0305. The lowest BCUT2D eigenvalue weighted by molar-refractivity contribution is -0.155. The number of benzene rings is 1. The van der Waals surface area contributed by atoms with Gasteiger partial charge in [0, 0.05) is 37.4 Å². The second-order valence-corrected chi connectivity index (χ2v) is 7.80. The Morgan fingerprint density at radius 3 is 2.70 bits per heavy atom. The van der Waals surface area contributed by atoms with Crippen molar-refractivity contribution >= 4 is 11.7 Å². The molecule has 2 aromatic rings. The van der Waals surface area contributed by atoms with E-state index in [2.05, 4.69) is 9.88 Å². The third kappa shape index (κ3) is 5.06. The van der Waals surface area contributed by atoms with E-state index in [1.807, 2.05) is 17.0 Å². The number of ether oxygens (including phenoxy) is 2. The van der Waals surface area contributed by atoms with Crippen LogP contribution in [0.2, 0.25) is 0 Å². The van der Waals surface area contributed by atoms with Crippen LogP contribution in [-0.4, -0.2) is 65.7 Å². The topological polar surface area (TPSA) is 80.9 Å². The summed E-state index contributed by atoms with van der Waals surface area (Å²) < 4.78 is 24.4. The molecule has 0 radical (unpaired) electrons. The number of nitrogens with zero attached hydrogens (tertiary/aromatic N) is 3. The number of piperidine rings is 1. The zero-order chi connectivity index (χ0) is 20.9. The minimum Gasteiger partial charge on any atom is -0.491 e. The Morgan fingerprint density at radius 1 is 1.20 bits per heavy atom. The molecule has 2 aliphatic heterocycles. The standard InChI is InChI=1S/C22H27FN4O3/c23-17-3-5-19(6-4-17)29-14-20-13-27(21(28)15-30-20)18-7-10-26(11-8-18)12-16-2-1-9-25-22(16)24/h1-6,9,18,20H,7-8,10-15H2,(H2,24,25)/t20-/m1/s1. The highest BCUT2D eigenvalue weighted by Gasteiger charge is 2.33. The summed E-state index contributed by atoms with van der Waals surface area (Å²) in [5.41, 5.74) is 7.00. The first-order valence-electron chi connectivity index (χ1n) is 10.3. The molecule has 4 rings (SSSR count). The maximum absolute atomic E-state index is 13.0. The zero-order valence-electron chi connectivity index (χ0n) is 16.9. The molecule has 0 spiro atoms. The SMILES string of the molecule is Nc1ncccc1CN1CCC(N2C[C@H](COc3ccc(F)cc3)OCC2=O)CC1. The molecule has 2 fully saturated rings. The van der Waals surface area contributed by atoms with Crippen LogP contribution in [0.25, 0.3) is 0 Å². The predicted molar refractivity (Wildman–Crippen MR) is 110 cm³/mol. The molecule has 2 N–H and O–H groups in total. The first-order chi connectivity index (χ1) is 14.6. The van der Waals surface area contributed by atoms with Crippen LogP contribution >= 0.6 is 0 Å². The van der Waals surface area contributed by atoms with Gasteiger partial charge in [-0.05, 0) is 43.2 Å². The van der Waals surface area contributed by atoms with Crippen LogP contribution < -0.4 is 10.5 Å². The lowest BCUT2D eigenvalue weighted by Gasteiger charge is -2.42. The molecule has 1 aromatic carbocycles. The van der Waals surface area contributed by atoms with Gasteiger partial charge < -0.3 is 20.1 Å². The molecule has 0 unspecified atom stereocenters. The Morgan fingerprint density at radius 2 is 1.97 bits per heavy atom. The van der Waals surface area contributed by atoms with E-state index in [0.29, 0.717) is 24.7 Å². The fourth-order valence-electron chi connectivity index (χ4n) is 4.03. The molecule has 0 bridgehead atoms. The molecule has 30 heavy (non-hydrogen) atoms. The minimum atomic E-state index is -0.300. The van der Waals surface area contributed by atoms with Crippen LogP contribution in [-0.2, 0) is 16.1 Å². The Kier molecular flexibility index (Phi) is 6.44. The second kappa shape index (κ2) is 9.40. The number of nitrogens with two attached hydrogens (primary N) is 1. The molecule has 1 atom stereocenters. The van der Waals surface area contributed by atoms with Crippen molar-refractivity contribution in [2.45, 2.75) is 31.5 Å². The third-order valence-electron chi connectivity index (χ3n) is 5.73. The fraction of sp³-hybridized carbons (Fsp3) is 0.455. The number of carbonyl (C=O) groups excluding carboxylic acids is 1. The van der Waals surface area contributed by atoms with Crippen LogP contribution in [0.5, 0.6) is 5.75 Å². The highest BCUT2D eigenvalue weighted by Crippen LogP contribution is 2.23. The van der Waals surface area contributed by atoms with Gasteiger partial charge in [-0.25, -0.2) is 9.37 Å². The number of carbonyl (C=O) groups is 1. The fourth-order valence-corrected chi connectivity index (χ4v) is 4.03. The molecule has 7 nitrogen and oxygen atoms in total. The van der Waals surface area contributed by atoms with Gasteiger partial charge in [0.2, 0.25) is 5.91 Å². The van der Waals surface area contributed by atoms with E-state index in [9.17, 15) is 9.18 Å². The monoisotopic (exact) mass is 414 g/mol. The molecule has 0 aliphatic carbocycles. The molecule has 3 heterocycles. The smallest absolute Gasteiger partial charge is 0.248 e. The Hall–Kier alpha value is -2.71. The summed E-state index contributed by atoms with van der Waals surface area (Å²) in [6.07, 6.45) is 3.33. The number of hydrogen-bond acceptors (Lipinski definition) is 6. The van der Waals surface area contributed by atoms with Gasteiger partial charge in [0.05, 0.1) is 6.54 Å². The van der Waals surface area contributed by atoms with E-state index in [4.69, 9.17) is 15.2 Å². The van der Waals surface area contributed by atoms with E-state index in [-0.39, 0.29) is 30.5 Å². The lowest BCUT2D eigenvalue weighted by atomic mass is 10.0.